The van der Waals surface area contributed by atoms with Crippen LogP contribution in [0.15, 0.2) is 79.5 Å². The maximum Gasteiger partial charge on any atom is 1.00 e. The molecule has 4 aromatic rings. The second kappa shape index (κ2) is 14.5. The molecule has 0 saturated heterocycles. The fraction of sp³-hybridized carbons (Fsp3) is 0.136. The number of sulfone groups is 1. The Labute approximate surface area is 301 Å². The van der Waals surface area contributed by atoms with Crippen LogP contribution in [0, 0.1) is 6.92 Å². The molecule has 0 spiro atoms. The van der Waals surface area contributed by atoms with E-state index in [-0.39, 0.29) is 91.9 Å². The third kappa shape index (κ3) is 9.16. The van der Waals surface area contributed by atoms with Crippen LogP contribution in [-0.4, -0.2) is 69.5 Å². The molecule has 0 radical (unpaired) electrons. The first-order valence-corrected chi connectivity index (χ1v) is 17.3. The molecule has 230 valence electrons. The van der Waals surface area contributed by atoms with E-state index < -0.39 is 74.2 Å². The molecule has 1 heterocycles. The first-order valence-electron chi connectivity index (χ1n) is 11.4. The fourth-order valence-electron chi connectivity index (χ4n) is 3.91. The Morgan fingerprint density at radius 1 is 0.867 bits per heavy atom. The van der Waals surface area contributed by atoms with Gasteiger partial charge in [0.25, 0.3) is 10.1 Å². The molecule has 2 N–H and O–H groups in total. The molecule has 45 heavy (non-hydrogen) atoms. The molecule has 0 aliphatic carbocycles. The molecule has 0 amide bonds. The number of rotatable bonds is 10. The van der Waals surface area contributed by atoms with Crippen molar-refractivity contribution in [2.75, 3.05) is 12.4 Å². The maximum absolute atomic E-state index is 13.0. The number of nitrogens with zero attached hydrogens (tertiary/aromatic N) is 4. The second-order valence-electron chi connectivity index (χ2n) is 8.61. The van der Waals surface area contributed by atoms with E-state index in [9.17, 15) is 47.9 Å². The Bertz CT molecular complexity index is 2220. The maximum atomic E-state index is 13.0. The summed E-state index contributed by atoms with van der Waals surface area (Å²) < 4.78 is 129. The zero-order valence-electron chi connectivity index (χ0n) is 23.4. The van der Waals surface area contributed by atoms with Gasteiger partial charge in [-0.3, -0.25) is 9.11 Å². The molecule has 0 bridgehead atoms. The Kier molecular flexibility index (Phi) is 12.7. The second-order valence-corrected chi connectivity index (χ2v) is 14.5. The van der Waals surface area contributed by atoms with Crippen molar-refractivity contribution in [3.63, 3.8) is 0 Å². The average molecular weight is 721 g/mol. The van der Waals surface area contributed by atoms with Gasteiger partial charge in [-0.05, 0) is 43.3 Å². The van der Waals surface area contributed by atoms with Gasteiger partial charge in [0.05, 0.1) is 33.5 Å². The van der Waals surface area contributed by atoms with Crippen molar-refractivity contribution in [3.05, 3.63) is 60.3 Å². The van der Waals surface area contributed by atoms with Crippen LogP contribution < -0.4 is 64.2 Å². The summed E-state index contributed by atoms with van der Waals surface area (Å²) in [4.78, 5) is -1.86. The molecule has 23 heteroatoms. The molecule has 3 aromatic carbocycles. The summed E-state index contributed by atoms with van der Waals surface area (Å²) in [6.45, 7) is 0.533. The van der Waals surface area contributed by atoms with E-state index in [4.69, 9.17) is 4.55 Å². The zero-order chi connectivity index (χ0) is 32.0. The summed E-state index contributed by atoms with van der Waals surface area (Å²) in [7, 11) is -19.0. The van der Waals surface area contributed by atoms with Gasteiger partial charge in [-0.2, -0.15) is 21.9 Å². The first-order chi connectivity index (χ1) is 19.8. The van der Waals surface area contributed by atoms with Crippen molar-refractivity contribution >= 4 is 62.6 Å². The molecule has 0 aliphatic heterocycles. The molecular formula is C22H18N4Na2O13S4. The van der Waals surface area contributed by atoms with Gasteiger partial charge < -0.3 is 9.66 Å². The Hall–Kier alpha value is -1.83. The number of fused-ring (bicyclic) bond motifs is 1. The monoisotopic (exact) mass is 720 g/mol. The van der Waals surface area contributed by atoms with Crippen molar-refractivity contribution in [3.8, 4) is 11.6 Å². The van der Waals surface area contributed by atoms with Crippen LogP contribution in [0.25, 0.3) is 16.5 Å². The van der Waals surface area contributed by atoms with Crippen molar-refractivity contribution in [2.24, 2.45) is 10.2 Å². The van der Waals surface area contributed by atoms with Crippen LogP contribution in [0.5, 0.6) is 5.88 Å². The van der Waals surface area contributed by atoms with Crippen molar-refractivity contribution < 1.29 is 116 Å². The molecular weight excluding hydrogens is 703 g/mol. The van der Waals surface area contributed by atoms with Gasteiger partial charge in [-0.15, -0.1) is 10.2 Å². The topological polar surface area (TPSA) is 275 Å². The molecule has 0 unspecified atom stereocenters. The summed E-state index contributed by atoms with van der Waals surface area (Å²) in [5, 5.41) is 24.0. The van der Waals surface area contributed by atoms with E-state index in [2.05, 4.69) is 19.5 Å². The normalized spacial score (nSPS) is 12.6. The Morgan fingerprint density at radius 3 is 2.04 bits per heavy atom. The largest absolute Gasteiger partial charge is 1.00 e. The minimum atomic E-state index is -5.06. The average Bonchev–Trinajstić information content (AvgIpc) is 3.17. The van der Waals surface area contributed by atoms with Crippen LogP contribution in [0.3, 0.4) is 0 Å². The predicted octanol–water partition coefficient (Wildman–Crippen LogP) is -4.43. The number of hydrogen-bond acceptors (Lipinski definition) is 14. The summed E-state index contributed by atoms with van der Waals surface area (Å²) in [5.74, 6) is -1.63. The van der Waals surface area contributed by atoms with Crippen molar-refractivity contribution in [1.29, 1.82) is 0 Å². The van der Waals surface area contributed by atoms with Gasteiger partial charge >= 0.3 is 69.5 Å². The quantitative estimate of drug-likeness (QED) is 0.0889. The minimum absolute atomic E-state index is 0. The summed E-state index contributed by atoms with van der Waals surface area (Å²) in [6.07, 6.45) is 0. The van der Waals surface area contributed by atoms with E-state index in [1.807, 2.05) is 0 Å². The summed E-state index contributed by atoms with van der Waals surface area (Å²) >= 11 is 0. The summed E-state index contributed by atoms with van der Waals surface area (Å²) in [5.41, 5.74) is -0.758. The van der Waals surface area contributed by atoms with Gasteiger partial charge in [-0.25, -0.2) is 25.7 Å². The molecule has 1 aromatic heterocycles. The minimum Gasteiger partial charge on any atom is -0.857 e. The third-order valence-corrected chi connectivity index (χ3v) is 9.75. The van der Waals surface area contributed by atoms with E-state index in [1.54, 1.807) is 0 Å². The number of hydrogen-bond donors (Lipinski definition) is 2. The van der Waals surface area contributed by atoms with Crippen LogP contribution >= 0.6 is 0 Å². The molecule has 17 nitrogen and oxygen atoms in total. The van der Waals surface area contributed by atoms with Crippen LogP contribution in [0.1, 0.15) is 5.69 Å². The SMILES string of the molecule is Cc1nn(-c2ccc(S(=O)(=O)CCOS(=O)(=O)O)cc2)c([O-])c1N=Nc1ccc2c(S(=O)(=O)[O-])cccc2c1S(=O)(=O)O.[Na+].[Na+]. The summed E-state index contributed by atoms with van der Waals surface area (Å²) in [6, 6.07) is 9.91. The van der Waals surface area contributed by atoms with Crippen LogP contribution in [-0.2, 0) is 44.7 Å². The van der Waals surface area contributed by atoms with Crippen LogP contribution in [0.2, 0.25) is 0 Å². The smallest absolute Gasteiger partial charge is 0.857 e. The standard InChI is InChI=1S/C22H20N4O13S4.2Na/c1-13-20(22(27)26(25-13)14-5-7-15(8-6-14)40(28,29)12-11-39-43(36,37)38)24-23-18-10-9-16-17(21(18)42(33,34)35)3-2-4-19(16)41(30,31)32;;/h2-10,27H,11-12H2,1H3,(H,30,31,32)(H,33,34,35)(H,36,37,38);;/q;2*+1/p-2. The molecule has 0 fully saturated rings. The number of aromatic nitrogens is 2. The number of aryl methyl sites for hydroxylation is 1. The number of azo groups is 1. The van der Waals surface area contributed by atoms with Gasteiger partial charge in [0.1, 0.15) is 26.4 Å². The van der Waals surface area contributed by atoms with E-state index in [0.717, 1.165) is 47.1 Å². The molecule has 0 saturated carbocycles. The van der Waals surface area contributed by atoms with Gasteiger partial charge in [0, 0.05) is 16.7 Å². The van der Waals surface area contributed by atoms with E-state index in [0.29, 0.717) is 0 Å². The van der Waals surface area contributed by atoms with Crippen molar-refractivity contribution in [1.82, 2.24) is 9.78 Å². The fourth-order valence-corrected chi connectivity index (χ4v) is 6.92. The Morgan fingerprint density at radius 2 is 1.49 bits per heavy atom. The zero-order valence-corrected chi connectivity index (χ0v) is 30.7. The Balaban J connectivity index is 0.00000353. The third-order valence-electron chi connectivity index (χ3n) is 5.75. The first kappa shape index (κ1) is 39.3. The van der Waals surface area contributed by atoms with Gasteiger partial charge in [0.15, 0.2) is 9.84 Å². The predicted molar refractivity (Wildman–Crippen MR) is 143 cm³/mol. The van der Waals surface area contributed by atoms with Gasteiger partial charge in [-0.1, -0.05) is 18.2 Å². The molecule has 4 rings (SSSR count). The van der Waals surface area contributed by atoms with E-state index >= 15 is 0 Å². The van der Waals surface area contributed by atoms with Gasteiger partial charge in [0.2, 0.25) is 0 Å². The van der Waals surface area contributed by atoms with E-state index in [1.165, 1.54) is 19.1 Å². The number of benzene rings is 3. The van der Waals surface area contributed by atoms with Crippen LogP contribution in [0.4, 0.5) is 11.4 Å². The van der Waals surface area contributed by atoms with Crippen molar-refractivity contribution in [2.45, 2.75) is 21.6 Å². The molecule has 0 aliphatic rings. The molecule has 0 atom stereocenters.